The van der Waals surface area contributed by atoms with E-state index in [4.69, 9.17) is 4.74 Å². The second kappa shape index (κ2) is 9.49. The Kier molecular flexibility index (Phi) is 6.55. The van der Waals surface area contributed by atoms with Crippen molar-refractivity contribution in [2.45, 2.75) is 24.3 Å². The third-order valence-corrected chi connectivity index (χ3v) is 6.48. The molecule has 156 valence electrons. The van der Waals surface area contributed by atoms with Gasteiger partial charge in [-0.15, -0.1) is 11.8 Å². The molecule has 3 aromatic rings. The summed E-state index contributed by atoms with van der Waals surface area (Å²) < 4.78 is 7.36. The molecular weight excluding hydrogens is 394 g/mol. The van der Waals surface area contributed by atoms with Gasteiger partial charge in [0.25, 0.3) is 0 Å². The number of carbonyl (C=O) groups excluding carboxylic acids is 1. The van der Waals surface area contributed by atoms with Gasteiger partial charge in [-0.2, -0.15) is 0 Å². The van der Waals surface area contributed by atoms with Crippen LogP contribution in [0.25, 0.3) is 5.69 Å². The summed E-state index contributed by atoms with van der Waals surface area (Å²) >= 11 is 1.64. The van der Waals surface area contributed by atoms with Crippen LogP contribution in [-0.2, 0) is 6.54 Å². The van der Waals surface area contributed by atoms with Crippen LogP contribution in [0.2, 0.25) is 0 Å². The lowest BCUT2D eigenvalue weighted by Gasteiger charge is -2.32. The third kappa shape index (κ3) is 4.45. The molecule has 4 rings (SSSR count). The molecule has 2 heterocycles. The highest BCUT2D eigenvalue weighted by Crippen LogP contribution is 2.27. The first-order valence-corrected chi connectivity index (χ1v) is 11.5. The highest BCUT2D eigenvalue weighted by molar-refractivity contribution is 7.98. The highest BCUT2D eigenvalue weighted by Gasteiger charge is 2.28. The highest BCUT2D eigenvalue weighted by atomic mass is 32.2. The maximum Gasteiger partial charge on any atom is 0.168 e. The molecule has 30 heavy (non-hydrogen) atoms. The first-order chi connectivity index (χ1) is 14.7. The molecule has 0 amide bonds. The van der Waals surface area contributed by atoms with E-state index in [0.717, 1.165) is 60.2 Å². The van der Waals surface area contributed by atoms with Crippen LogP contribution in [0, 0.1) is 5.92 Å². The Balaban J connectivity index is 1.47. The van der Waals surface area contributed by atoms with Crippen LogP contribution >= 0.6 is 11.8 Å². The number of hydrogen-bond donors (Lipinski definition) is 0. The largest absolute Gasteiger partial charge is 0.497 e. The molecule has 1 aromatic heterocycles. The minimum absolute atomic E-state index is 0.0384. The maximum atomic E-state index is 13.2. The van der Waals surface area contributed by atoms with Crippen molar-refractivity contribution in [1.82, 2.24) is 14.5 Å². The predicted octanol–water partition coefficient (Wildman–Crippen LogP) is 4.70. The zero-order valence-corrected chi connectivity index (χ0v) is 18.3. The summed E-state index contributed by atoms with van der Waals surface area (Å²) in [5.74, 6) is 2.13. The second-order valence-electron chi connectivity index (χ2n) is 7.55. The van der Waals surface area contributed by atoms with Gasteiger partial charge in [0, 0.05) is 41.0 Å². The van der Waals surface area contributed by atoms with Crippen LogP contribution < -0.4 is 4.74 Å². The van der Waals surface area contributed by atoms with E-state index in [9.17, 15) is 4.79 Å². The third-order valence-electron chi connectivity index (χ3n) is 5.68. The van der Waals surface area contributed by atoms with Crippen molar-refractivity contribution in [1.29, 1.82) is 0 Å². The molecule has 1 aliphatic rings. The van der Waals surface area contributed by atoms with Crippen molar-refractivity contribution in [2.75, 3.05) is 26.5 Å². The summed E-state index contributed by atoms with van der Waals surface area (Å²) in [5.41, 5.74) is 1.92. The Morgan fingerprint density at radius 3 is 2.77 bits per heavy atom. The van der Waals surface area contributed by atoms with E-state index in [1.807, 2.05) is 67.2 Å². The fourth-order valence-corrected chi connectivity index (χ4v) is 4.71. The van der Waals surface area contributed by atoms with Crippen LogP contribution in [0.5, 0.6) is 5.75 Å². The molecule has 1 atom stereocenters. The molecule has 6 heteroatoms. The minimum Gasteiger partial charge on any atom is -0.497 e. The van der Waals surface area contributed by atoms with Crippen molar-refractivity contribution in [3.63, 3.8) is 0 Å². The predicted molar refractivity (Wildman–Crippen MR) is 121 cm³/mol. The van der Waals surface area contributed by atoms with Gasteiger partial charge in [-0.25, -0.2) is 4.98 Å². The number of imidazole rings is 1. The van der Waals surface area contributed by atoms with Crippen molar-refractivity contribution >= 4 is 17.5 Å². The fraction of sp³-hybridized carbons (Fsp3) is 0.333. The first kappa shape index (κ1) is 20.7. The molecule has 2 aromatic carbocycles. The van der Waals surface area contributed by atoms with E-state index >= 15 is 0 Å². The number of methoxy groups -OCH3 is 1. The van der Waals surface area contributed by atoms with Gasteiger partial charge in [0.15, 0.2) is 5.78 Å². The van der Waals surface area contributed by atoms with E-state index in [2.05, 4.69) is 14.5 Å². The Labute approximate surface area is 182 Å². The summed E-state index contributed by atoms with van der Waals surface area (Å²) in [7, 11) is 1.67. The second-order valence-corrected chi connectivity index (χ2v) is 8.40. The monoisotopic (exact) mass is 421 g/mol. The van der Waals surface area contributed by atoms with Gasteiger partial charge in [-0.05, 0) is 56.0 Å². The smallest absolute Gasteiger partial charge is 0.168 e. The number of thioether (sulfide) groups is 1. The Morgan fingerprint density at radius 1 is 1.20 bits per heavy atom. The number of nitrogens with zero attached hydrogens (tertiary/aromatic N) is 3. The summed E-state index contributed by atoms with van der Waals surface area (Å²) in [4.78, 5) is 21.2. The van der Waals surface area contributed by atoms with Gasteiger partial charge in [0.2, 0.25) is 0 Å². The number of ketones is 1. The Hall–Kier alpha value is -2.57. The standard InChI is InChI=1S/C24H27N3O2S/c1-29-20-11-9-19(10-12-20)27-15-13-25-23(27)17-26-14-5-6-18(16-26)24(28)21-7-3-4-8-22(21)30-2/h3-4,7-13,15,18H,5-6,14,16-17H2,1-2H3. The summed E-state index contributed by atoms with van der Waals surface area (Å²) in [6.07, 6.45) is 7.82. The number of Topliss-reactive ketones (excluding diaryl/α,β-unsaturated/α-hetero) is 1. The number of ether oxygens (including phenoxy) is 1. The maximum absolute atomic E-state index is 13.2. The first-order valence-electron chi connectivity index (χ1n) is 10.3. The molecule has 0 bridgehead atoms. The van der Waals surface area contributed by atoms with Crippen molar-refractivity contribution in [2.24, 2.45) is 5.92 Å². The summed E-state index contributed by atoms with van der Waals surface area (Å²) in [5, 5.41) is 0. The summed E-state index contributed by atoms with van der Waals surface area (Å²) in [6.45, 7) is 2.49. The quantitative estimate of drug-likeness (QED) is 0.409. The van der Waals surface area contributed by atoms with Gasteiger partial charge < -0.3 is 9.30 Å². The number of benzene rings is 2. The minimum atomic E-state index is 0.0384. The van der Waals surface area contributed by atoms with Gasteiger partial charge in [0.1, 0.15) is 11.6 Å². The van der Waals surface area contributed by atoms with Gasteiger partial charge in [-0.1, -0.05) is 18.2 Å². The number of hydrogen-bond acceptors (Lipinski definition) is 5. The molecule has 0 aliphatic carbocycles. The Morgan fingerprint density at radius 2 is 2.00 bits per heavy atom. The number of piperidine rings is 1. The molecule has 1 fully saturated rings. The fourth-order valence-electron chi connectivity index (χ4n) is 4.11. The van der Waals surface area contributed by atoms with Crippen LogP contribution in [0.1, 0.15) is 29.0 Å². The van der Waals surface area contributed by atoms with Gasteiger partial charge >= 0.3 is 0 Å². The van der Waals surface area contributed by atoms with E-state index in [1.165, 1.54) is 0 Å². The molecule has 0 N–H and O–H groups in total. The molecule has 1 aliphatic heterocycles. The molecule has 0 saturated carbocycles. The zero-order chi connectivity index (χ0) is 20.9. The van der Waals surface area contributed by atoms with E-state index in [1.54, 1.807) is 18.9 Å². The lowest BCUT2D eigenvalue weighted by atomic mass is 9.90. The van der Waals surface area contributed by atoms with Crippen LogP contribution in [0.4, 0.5) is 0 Å². The molecule has 1 saturated heterocycles. The van der Waals surface area contributed by atoms with Crippen LogP contribution in [0.3, 0.4) is 0 Å². The van der Waals surface area contributed by atoms with E-state index in [-0.39, 0.29) is 11.7 Å². The number of aromatic nitrogens is 2. The Bertz CT molecular complexity index is 1000. The molecular formula is C24H27N3O2S. The van der Waals surface area contributed by atoms with E-state index < -0.39 is 0 Å². The average Bonchev–Trinajstić information content (AvgIpc) is 3.26. The lowest BCUT2D eigenvalue weighted by molar-refractivity contribution is 0.0805. The molecule has 0 radical (unpaired) electrons. The SMILES string of the molecule is COc1ccc(-n2ccnc2CN2CCCC(C(=O)c3ccccc3SC)C2)cc1. The van der Waals surface area contributed by atoms with Crippen LogP contribution in [-0.4, -0.2) is 46.7 Å². The molecule has 1 unspecified atom stereocenters. The topological polar surface area (TPSA) is 47.4 Å². The van der Waals surface area contributed by atoms with Crippen molar-refractivity contribution < 1.29 is 9.53 Å². The van der Waals surface area contributed by atoms with Crippen molar-refractivity contribution in [3.05, 3.63) is 72.3 Å². The van der Waals surface area contributed by atoms with Gasteiger partial charge in [-0.3, -0.25) is 9.69 Å². The van der Waals surface area contributed by atoms with Crippen molar-refractivity contribution in [3.8, 4) is 11.4 Å². The summed E-state index contributed by atoms with van der Waals surface area (Å²) in [6, 6.07) is 15.9. The number of likely N-dealkylation sites (tertiary alicyclic amines) is 1. The normalized spacial score (nSPS) is 17.1. The molecule has 0 spiro atoms. The van der Waals surface area contributed by atoms with Gasteiger partial charge in [0.05, 0.1) is 13.7 Å². The van der Waals surface area contributed by atoms with Crippen LogP contribution in [0.15, 0.2) is 65.8 Å². The zero-order valence-electron chi connectivity index (χ0n) is 17.5. The number of carbonyl (C=O) groups is 1. The average molecular weight is 422 g/mol. The molecule has 5 nitrogen and oxygen atoms in total. The lowest BCUT2D eigenvalue weighted by Crippen LogP contribution is -2.38. The van der Waals surface area contributed by atoms with E-state index in [0.29, 0.717) is 0 Å². The number of rotatable bonds is 7.